The van der Waals surface area contributed by atoms with Crippen LogP contribution in [0.1, 0.15) is 29.6 Å². The number of amides is 2. The number of benzene rings is 2. The fraction of sp³-hybridized carbons (Fsp3) is 0.300. The molecular formula is C20H26BN5O6. The summed E-state index contributed by atoms with van der Waals surface area (Å²) in [6, 6.07) is 9.17. The number of non-ortho nitro benzene ring substituents is 1. The Hall–Kier alpha value is -3.32. The summed E-state index contributed by atoms with van der Waals surface area (Å²) in [5, 5.41) is 38.0. The van der Waals surface area contributed by atoms with Gasteiger partial charge in [-0.2, -0.15) is 0 Å². The molecule has 0 heterocycles. The molecule has 0 aliphatic carbocycles. The molecule has 32 heavy (non-hydrogen) atoms. The average molecular weight is 443 g/mol. The number of carbonyl (C=O) groups excluding carboxylic acids is 2. The van der Waals surface area contributed by atoms with Gasteiger partial charge in [0.1, 0.15) is 0 Å². The Morgan fingerprint density at radius 1 is 1.09 bits per heavy atom. The van der Waals surface area contributed by atoms with E-state index in [1.54, 1.807) is 31.3 Å². The topological polar surface area (TPSA) is 180 Å². The number of rotatable bonds is 11. The van der Waals surface area contributed by atoms with Crippen molar-refractivity contribution >= 4 is 41.5 Å². The molecule has 2 amide bonds. The molecule has 2 rings (SSSR count). The van der Waals surface area contributed by atoms with E-state index < -0.39 is 23.6 Å². The van der Waals surface area contributed by atoms with E-state index in [4.69, 9.17) is 5.73 Å². The predicted octanol–water partition coefficient (Wildman–Crippen LogP) is 0.182. The van der Waals surface area contributed by atoms with Gasteiger partial charge in [0.25, 0.3) is 11.6 Å². The van der Waals surface area contributed by atoms with Gasteiger partial charge in [-0.25, -0.2) is 0 Å². The van der Waals surface area contributed by atoms with E-state index in [2.05, 4.69) is 16.0 Å². The first-order valence-corrected chi connectivity index (χ1v) is 10.00. The van der Waals surface area contributed by atoms with Gasteiger partial charge in [0, 0.05) is 29.1 Å². The molecule has 0 aromatic heterocycles. The van der Waals surface area contributed by atoms with Crippen molar-refractivity contribution in [3.8, 4) is 0 Å². The molecule has 7 N–H and O–H groups in total. The van der Waals surface area contributed by atoms with Crippen LogP contribution in [0.25, 0.3) is 0 Å². The number of carbonyl (C=O) groups is 2. The third-order valence-corrected chi connectivity index (χ3v) is 4.73. The number of nitrogens with zero attached hydrogens (tertiary/aromatic N) is 1. The van der Waals surface area contributed by atoms with Crippen molar-refractivity contribution in [1.82, 2.24) is 5.32 Å². The fourth-order valence-electron chi connectivity index (χ4n) is 2.99. The largest absolute Gasteiger partial charge is 0.488 e. The molecular weight excluding hydrogens is 417 g/mol. The summed E-state index contributed by atoms with van der Waals surface area (Å²) in [5.74, 6) is -0.851. The molecule has 0 aliphatic heterocycles. The minimum absolute atomic E-state index is 0.103. The van der Waals surface area contributed by atoms with E-state index in [1.807, 2.05) is 0 Å². The first kappa shape index (κ1) is 24.9. The van der Waals surface area contributed by atoms with E-state index in [-0.39, 0.29) is 23.0 Å². The Balaban J connectivity index is 2.05. The number of likely N-dealkylation sites (N-methyl/N-ethyl adjacent to an activating group) is 1. The van der Waals surface area contributed by atoms with Crippen LogP contribution in [0.3, 0.4) is 0 Å². The van der Waals surface area contributed by atoms with Gasteiger partial charge < -0.3 is 31.7 Å². The standard InChI is InChI=1S/C20H26BN5O6/c1-23-18(4-2-3-9-22)20(28)25-16-7-5-15(6-8-16)24-19(27)13-10-14(21(29)30)12-17(11-13)26(31)32/h5-8,10-12,18,23,29-30H,2-4,9,22H2,1H3,(H,24,27)(H,25,28). The van der Waals surface area contributed by atoms with Crippen LogP contribution >= 0.6 is 0 Å². The van der Waals surface area contributed by atoms with Gasteiger partial charge in [0.05, 0.1) is 11.0 Å². The van der Waals surface area contributed by atoms with Crippen molar-refractivity contribution in [2.75, 3.05) is 24.2 Å². The van der Waals surface area contributed by atoms with Gasteiger partial charge >= 0.3 is 7.12 Å². The molecule has 0 radical (unpaired) electrons. The lowest BCUT2D eigenvalue weighted by molar-refractivity contribution is -0.384. The number of unbranched alkanes of at least 4 members (excludes halogenated alkanes) is 1. The molecule has 12 heteroatoms. The molecule has 11 nitrogen and oxygen atoms in total. The Morgan fingerprint density at radius 3 is 2.25 bits per heavy atom. The van der Waals surface area contributed by atoms with E-state index in [9.17, 15) is 29.8 Å². The quantitative estimate of drug-likeness (QED) is 0.123. The van der Waals surface area contributed by atoms with Crippen LogP contribution < -0.4 is 27.1 Å². The van der Waals surface area contributed by atoms with Crippen molar-refractivity contribution < 1.29 is 24.6 Å². The molecule has 170 valence electrons. The van der Waals surface area contributed by atoms with Crippen molar-refractivity contribution in [2.24, 2.45) is 5.73 Å². The molecule has 2 aromatic rings. The Morgan fingerprint density at radius 2 is 1.72 bits per heavy atom. The highest BCUT2D eigenvalue weighted by Gasteiger charge is 2.20. The van der Waals surface area contributed by atoms with Crippen LogP contribution in [0.4, 0.5) is 17.1 Å². The summed E-state index contributed by atoms with van der Waals surface area (Å²) in [6.45, 7) is 0.573. The number of hydrogen-bond acceptors (Lipinski definition) is 8. The van der Waals surface area contributed by atoms with Gasteiger partial charge in [-0.05, 0) is 62.2 Å². The van der Waals surface area contributed by atoms with Gasteiger partial charge in [-0.3, -0.25) is 19.7 Å². The van der Waals surface area contributed by atoms with Crippen LogP contribution in [-0.2, 0) is 4.79 Å². The first-order chi connectivity index (χ1) is 15.2. The second kappa shape index (κ2) is 11.9. The Bertz CT molecular complexity index is 954. The second-order valence-corrected chi connectivity index (χ2v) is 7.09. The molecule has 0 spiro atoms. The highest BCUT2D eigenvalue weighted by Crippen LogP contribution is 2.17. The van der Waals surface area contributed by atoms with Gasteiger partial charge in [0.15, 0.2) is 0 Å². The lowest BCUT2D eigenvalue weighted by atomic mass is 9.79. The Labute approximate surface area is 185 Å². The first-order valence-electron chi connectivity index (χ1n) is 10.00. The van der Waals surface area contributed by atoms with E-state index in [0.717, 1.165) is 31.0 Å². The summed E-state index contributed by atoms with van der Waals surface area (Å²) in [4.78, 5) is 35.2. The molecule has 1 atom stereocenters. The number of nitrogens with one attached hydrogen (secondary N) is 3. The summed E-state index contributed by atoms with van der Waals surface area (Å²) in [6.07, 6.45) is 2.32. The predicted molar refractivity (Wildman–Crippen MR) is 122 cm³/mol. The average Bonchev–Trinajstić information content (AvgIpc) is 2.77. The highest BCUT2D eigenvalue weighted by molar-refractivity contribution is 6.58. The maximum Gasteiger partial charge on any atom is 0.488 e. The smallest absolute Gasteiger partial charge is 0.423 e. The molecule has 0 bridgehead atoms. The number of anilines is 2. The summed E-state index contributed by atoms with van der Waals surface area (Å²) >= 11 is 0. The maximum atomic E-state index is 12.5. The van der Waals surface area contributed by atoms with Crippen molar-refractivity contribution in [3.05, 3.63) is 58.1 Å². The molecule has 0 saturated carbocycles. The van der Waals surface area contributed by atoms with Crippen LogP contribution in [0.15, 0.2) is 42.5 Å². The van der Waals surface area contributed by atoms with E-state index in [0.29, 0.717) is 24.3 Å². The molecule has 0 fully saturated rings. The maximum absolute atomic E-state index is 12.5. The monoisotopic (exact) mass is 443 g/mol. The third kappa shape index (κ3) is 7.13. The van der Waals surface area contributed by atoms with Gasteiger partial charge in [-0.15, -0.1) is 0 Å². The fourth-order valence-corrected chi connectivity index (χ4v) is 2.99. The van der Waals surface area contributed by atoms with Crippen LogP contribution in [0.2, 0.25) is 0 Å². The minimum Gasteiger partial charge on any atom is -0.423 e. The van der Waals surface area contributed by atoms with E-state index in [1.165, 1.54) is 0 Å². The van der Waals surface area contributed by atoms with Crippen molar-refractivity contribution in [3.63, 3.8) is 0 Å². The number of nitrogens with two attached hydrogens (primary N) is 1. The summed E-state index contributed by atoms with van der Waals surface area (Å²) in [5.41, 5.74) is 5.69. The summed E-state index contributed by atoms with van der Waals surface area (Å²) in [7, 11) is -0.249. The number of nitro benzene ring substituents is 1. The zero-order chi connectivity index (χ0) is 23.7. The molecule has 0 saturated heterocycles. The number of hydrogen-bond donors (Lipinski definition) is 6. The SMILES string of the molecule is CNC(CCCCN)C(=O)Nc1ccc(NC(=O)c2cc(B(O)O)cc([N+](=O)[O-])c2)cc1. The van der Waals surface area contributed by atoms with Crippen LogP contribution in [0, 0.1) is 10.1 Å². The zero-order valence-corrected chi connectivity index (χ0v) is 17.6. The molecule has 0 aliphatic rings. The minimum atomic E-state index is -1.96. The second-order valence-electron chi connectivity index (χ2n) is 7.09. The van der Waals surface area contributed by atoms with Gasteiger partial charge in [0.2, 0.25) is 5.91 Å². The van der Waals surface area contributed by atoms with Crippen molar-refractivity contribution in [1.29, 1.82) is 0 Å². The van der Waals surface area contributed by atoms with Crippen LogP contribution in [0.5, 0.6) is 0 Å². The summed E-state index contributed by atoms with van der Waals surface area (Å²) < 4.78 is 0. The normalized spacial score (nSPS) is 11.5. The van der Waals surface area contributed by atoms with E-state index >= 15 is 0 Å². The molecule has 2 aromatic carbocycles. The lowest BCUT2D eigenvalue weighted by Crippen LogP contribution is -2.38. The molecule has 1 unspecified atom stereocenters. The highest BCUT2D eigenvalue weighted by atomic mass is 16.6. The third-order valence-electron chi connectivity index (χ3n) is 4.73. The number of nitro groups is 1. The van der Waals surface area contributed by atoms with Gasteiger partial charge in [-0.1, -0.05) is 6.42 Å². The Kier molecular flexibility index (Phi) is 9.29. The van der Waals surface area contributed by atoms with Crippen LogP contribution in [-0.4, -0.2) is 53.5 Å². The lowest BCUT2D eigenvalue weighted by Gasteiger charge is -2.16. The zero-order valence-electron chi connectivity index (χ0n) is 17.6. The van der Waals surface area contributed by atoms with Crippen molar-refractivity contribution in [2.45, 2.75) is 25.3 Å².